The number of carbonyl (C=O) groups excluding carboxylic acids is 3. The molecule has 4 rings (SSSR count). The summed E-state index contributed by atoms with van der Waals surface area (Å²) in [6.07, 6.45) is 10.2. The number of anilines is 1. The lowest BCUT2D eigenvalue weighted by Crippen LogP contribution is -2.55. The molecule has 0 aromatic heterocycles. The number of benzene rings is 1. The lowest BCUT2D eigenvalue weighted by atomic mass is 9.70. The summed E-state index contributed by atoms with van der Waals surface area (Å²) in [5.74, 6) is -1.12. The SMILES string of the molecule is C=CCN(CCCCC)C(=O)C1N(CCCCCO)C(=O)[C@@H]2[C@H](C(=O)N(CC=C)c3ccccc3)[C@@H]3CCC12S3. The minimum absolute atomic E-state index is 0.0114. The Hall–Kier alpha value is -2.58. The maximum Gasteiger partial charge on any atom is 0.247 e. The lowest BCUT2D eigenvalue weighted by molar-refractivity contribution is -0.142. The molecule has 1 aromatic rings. The number of aliphatic hydroxyl groups is 1. The molecular formula is C32H45N3O4S. The van der Waals surface area contributed by atoms with Gasteiger partial charge in [0.05, 0.1) is 16.6 Å². The number of nitrogens with zero attached hydrogens (tertiary/aromatic N) is 3. The van der Waals surface area contributed by atoms with Gasteiger partial charge in [-0.15, -0.1) is 24.9 Å². The normalized spacial score (nSPS) is 26.6. The maximum atomic E-state index is 14.4. The third kappa shape index (κ3) is 5.75. The van der Waals surface area contributed by atoms with Crippen molar-refractivity contribution in [3.05, 3.63) is 55.6 Å². The predicted octanol–water partition coefficient (Wildman–Crippen LogP) is 4.66. The van der Waals surface area contributed by atoms with E-state index in [1.165, 1.54) is 0 Å². The fourth-order valence-corrected chi connectivity index (χ4v) is 9.14. The highest BCUT2D eigenvalue weighted by molar-refractivity contribution is 8.02. The van der Waals surface area contributed by atoms with Crippen molar-refractivity contribution in [1.82, 2.24) is 9.80 Å². The number of amides is 3. The van der Waals surface area contributed by atoms with Gasteiger partial charge in [-0.3, -0.25) is 14.4 Å². The average molecular weight is 568 g/mol. The van der Waals surface area contributed by atoms with Crippen molar-refractivity contribution in [2.24, 2.45) is 11.8 Å². The Balaban J connectivity index is 1.69. The molecule has 40 heavy (non-hydrogen) atoms. The molecule has 3 aliphatic heterocycles. The van der Waals surface area contributed by atoms with Crippen molar-refractivity contribution in [2.75, 3.05) is 37.7 Å². The summed E-state index contributed by atoms with van der Waals surface area (Å²) < 4.78 is -0.600. The molecule has 3 fully saturated rings. The molecule has 0 saturated carbocycles. The van der Waals surface area contributed by atoms with Crippen LogP contribution in [0.1, 0.15) is 58.3 Å². The molecule has 2 unspecified atom stereocenters. The highest BCUT2D eigenvalue weighted by Gasteiger charge is 2.74. The molecule has 1 aromatic carbocycles. The van der Waals surface area contributed by atoms with E-state index in [-0.39, 0.29) is 29.6 Å². The van der Waals surface area contributed by atoms with Gasteiger partial charge in [-0.05, 0) is 50.7 Å². The van der Waals surface area contributed by atoms with Crippen LogP contribution in [-0.4, -0.2) is 81.5 Å². The number of aliphatic hydroxyl groups excluding tert-OH is 1. The summed E-state index contributed by atoms with van der Waals surface area (Å²) in [7, 11) is 0. The van der Waals surface area contributed by atoms with Gasteiger partial charge in [0.1, 0.15) is 6.04 Å². The minimum atomic E-state index is -0.600. The fourth-order valence-electron chi connectivity index (χ4n) is 6.94. The zero-order valence-corrected chi connectivity index (χ0v) is 24.7. The molecule has 3 amide bonds. The number of hydrogen-bond donors (Lipinski definition) is 1. The molecule has 218 valence electrons. The summed E-state index contributed by atoms with van der Waals surface area (Å²) in [6, 6.07) is 8.98. The first-order chi connectivity index (χ1) is 19.4. The van der Waals surface area contributed by atoms with Crippen LogP contribution in [-0.2, 0) is 14.4 Å². The van der Waals surface area contributed by atoms with Crippen LogP contribution in [0.3, 0.4) is 0 Å². The van der Waals surface area contributed by atoms with E-state index >= 15 is 0 Å². The van der Waals surface area contributed by atoms with Crippen LogP contribution < -0.4 is 4.90 Å². The Labute approximate surface area is 243 Å². The molecular weight excluding hydrogens is 522 g/mol. The molecule has 3 saturated heterocycles. The van der Waals surface area contributed by atoms with Gasteiger partial charge < -0.3 is 19.8 Å². The van der Waals surface area contributed by atoms with E-state index in [0.717, 1.165) is 50.6 Å². The van der Waals surface area contributed by atoms with Gasteiger partial charge in [-0.25, -0.2) is 0 Å². The minimum Gasteiger partial charge on any atom is -0.396 e. The number of carbonyl (C=O) groups is 3. The number of unbranched alkanes of at least 4 members (excludes halogenated alkanes) is 4. The van der Waals surface area contributed by atoms with Crippen molar-refractivity contribution in [3.63, 3.8) is 0 Å². The first-order valence-electron chi connectivity index (χ1n) is 14.9. The van der Waals surface area contributed by atoms with Crippen molar-refractivity contribution in [1.29, 1.82) is 0 Å². The Morgan fingerprint density at radius 3 is 2.50 bits per heavy atom. The van der Waals surface area contributed by atoms with Crippen LogP contribution in [0.15, 0.2) is 55.6 Å². The summed E-state index contributed by atoms with van der Waals surface area (Å²) in [6.45, 7) is 11.9. The van der Waals surface area contributed by atoms with E-state index in [9.17, 15) is 19.5 Å². The molecule has 2 bridgehead atoms. The van der Waals surface area contributed by atoms with E-state index in [0.29, 0.717) is 32.6 Å². The number of para-hydroxylation sites is 1. The van der Waals surface area contributed by atoms with Gasteiger partial charge >= 0.3 is 0 Å². The monoisotopic (exact) mass is 567 g/mol. The van der Waals surface area contributed by atoms with Gasteiger partial charge in [0.15, 0.2) is 0 Å². The Bertz CT molecular complexity index is 1070. The second-order valence-corrected chi connectivity index (χ2v) is 12.8. The van der Waals surface area contributed by atoms with Crippen LogP contribution in [0.4, 0.5) is 5.69 Å². The van der Waals surface area contributed by atoms with Gasteiger partial charge in [0.2, 0.25) is 17.7 Å². The summed E-state index contributed by atoms with van der Waals surface area (Å²) in [5.41, 5.74) is 0.793. The molecule has 7 nitrogen and oxygen atoms in total. The van der Waals surface area contributed by atoms with Crippen LogP contribution in [0.25, 0.3) is 0 Å². The molecule has 8 heteroatoms. The molecule has 3 heterocycles. The van der Waals surface area contributed by atoms with E-state index in [4.69, 9.17) is 0 Å². The molecule has 1 N–H and O–H groups in total. The largest absolute Gasteiger partial charge is 0.396 e. The zero-order chi connectivity index (χ0) is 28.7. The van der Waals surface area contributed by atoms with Crippen LogP contribution in [0.5, 0.6) is 0 Å². The standard InChI is InChI=1S/C32H45N3O4S/c1-4-7-12-21-33(19-5-2)31(39)28-32-18-17-25(40-32)26(27(32)30(38)35(28)22-13-9-14-23-36)29(37)34(20-6-3)24-15-10-8-11-16-24/h5-6,8,10-11,15-16,25-28,36H,2-4,7,9,12-14,17-23H2,1H3/t25-,26+,27-,28?,32?/m0/s1. The molecule has 5 atom stereocenters. The van der Waals surface area contributed by atoms with Crippen molar-refractivity contribution >= 4 is 35.2 Å². The van der Waals surface area contributed by atoms with Crippen molar-refractivity contribution < 1.29 is 19.5 Å². The van der Waals surface area contributed by atoms with Gasteiger partial charge in [0, 0.05) is 43.7 Å². The maximum absolute atomic E-state index is 14.4. The summed E-state index contributed by atoms with van der Waals surface area (Å²) in [4.78, 5) is 48.3. The zero-order valence-electron chi connectivity index (χ0n) is 23.9. The Morgan fingerprint density at radius 2 is 1.82 bits per heavy atom. The average Bonchev–Trinajstić information content (AvgIpc) is 3.61. The molecule has 3 aliphatic rings. The van der Waals surface area contributed by atoms with Crippen LogP contribution in [0, 0.1) is 11.8 Å². The number of rotatable bonds is 16. The van der Waals surface area contributed by atoms with Crippen LogP contribution in [0.2, 0.25) is 0 Å². The molecule has 1 spiro atoms. The van der Waals surface area contributed by atoms with Crippen molar-refractivity contribution in [2.45, 2.75) is 74.3 Å². The Morgan fingerprint density at radius 1 is 1.07 bits per heavy atom. The summed E-state index contributed by atoms with van der Waals surface area (Å²) in [5, 5.41) is 9.29. The number of fused-ring (bicyclic) bond motifs is 1. The number of thioether (sulfide) groups is 1. The Kier molecular flexibility index (Phi) is 10.5. The van der Waals surface area contributed by atoms with Gasteiger partial charge in [-0.1, -0.05) is 50.1 Å². The van der Waals surface area contributed by atoms with E-state index in [1.54, 1.807) is 33.7 Å². The smallest absolute Gasteiger partial charge is 0.247 e. The second kappa shape index (κ2) is 13.9. The predicted molar refractivity (Wildman–Crippen MR) is 162 cm³/mol. The van der Waals surface area contributed by atoms with E-state index in [2.05, 4.69) is 20.1 Å². The number of likely N-dealkylation sites (tertiary alicyclic amines) is 1. The topological polar surface area (TPSA) is 81.2 Å². The van der Waals surface area contributed by atoms with Gasteiger partial charge in [0.25, 0.3) is 0 Å². The van der Waals surface area contributed by atoms with Gasteiger partial charge in [-0.2, -0.15) is 0 Å². The first kappa shape index (κ1) is 30.4. The third-order valence-corrected chi connectivity index (χ3v) is 10.7. The summed E-state index contributed by atoms with van der Waals surface area (Å²) >= 11 is 1.72. The van der Waals surface area contributed by atoms with E-state index in [1.807, 2.05) is 35.2 Å². The highest BCUT2D eigenvalue weighted by Crippen LogP contribution is 2.66. The van der Waals surface area contributed by atoms with Crippen LogP contribution >= 0.6 is 11.8 Å². The first-order valence-corrected chi connectivity index (χ1v) is 15.8. The molecule has 0 radical (unpaired) electrons. The highest BCUT2D eigenvalue weighted by atomic mass is 32.2. The fraction of sp³-hybridized carbons (Fsp3) is 0.594. The van der Waals surface area contributed by atoms with Crippen molar-refractivity contribution in [3.8, 4) is 0 Å². The second-order valence-electron chi connectivity index (χ2n) is 11.2. The third-order valence-electron chi connectivity index (χ3n) is 8.71. The lowest BCUT2D eigenvalue weighted by Gasteiger charge is -2.37. The quantitative estimate of drug-likeness (QED) is 0.232. The number of hydrogen-bond acceptors (Lipinski definition) is 5. The molecule has 0 aliphatic carbocycles. The van der Waals surface area contributed by atoms with E-state index < -0.39 is 22.6 Å².